The first kappa shape index (κ1) is 18.4. The van der Waals surface area contributed by atoms with Crippen molar-refractivity contribution in [1.82, 2.24) is 20.0 Å². The number of ether oxygens (including phenoxy) is 2. The number of hydrogen-bond donors (Lipinski definition) is 0. The Morgan fingerprint density at radius 3 is 2.89 bits per heavy atom. The summed E-state index contributed by atoms with van der Waals surface area (Å²) in [5, 5.41) is 8.96. The van der Waals surface area contributed by atoms with Crippen LogP contribution in [0, 0.1) is 24.7 Å². The van der Waals surface area contributed by atoms with Crippen LogP contribution in [0.5, 0.6) is 5.75 Å². The summed E-state index contributed by atoms with van der Waals surface area (Å²) in [5.74, 6) is 1.40. The van der Waals surface area contributed by atoms with Crippen LogP contribution in [0.25, 0.3) is 11.4 Å². The second kappa shape index (κ2) is 7.22. The summed E-state index contributed by atoms with van der Waals surface area (Å²) in [7, 11) is 1.86. The van der Waals surface area contributed by atoms with E-state index < -0.39 is 0 Å². The second-order valence-electron chi connectivity index (χ2n) is 7.17. The van der Waals surface area contributed by atoms with E-state index >= 15 is 0 Å². The smallest absolute Gasteiger partial charge is 0.309 e. The molecule has 2 fully saturated rings. The zero-order valence-corrected chi connectivity index (χ0v) is 17.3. The second-order valence-corrected chi connectivity index (χ2v) is 7.74. The molecule has 2 aliphatic rings. The summed E-state index contributed by atoms with van der Waals surface area (Å²) < 4.78 is 13.2. The van der Waals surface area contributed by atoms with E-state index in [0.717, 1.165) is 41.4 Å². The zero-order chi connectivity index (χ0) is 19.1. The lowest BCUT2D eigenvalue weighted by molar-refractivity contribution is -0.146. The van der Waals surface area contributed by atoms with Gasteiger partial charge in [0.25, 0.3) is 0 Å². The maximum atomic E-state index is 12.0. The fourth-order valence-electron chi connectivity index (χ4n) is 4.23. The van der Waals surface area contributed by atoms with Crippen molar-refractivity contribution in [3.63, 3.8) is 0 Å². The minimum absolute atomic E-state index is 0.0114. The molecule has 144 valence electrons. The standard InChI is InChI=1S/C19H23BrN4O3/c1-4-26-19(25)17-11-5-7-15(16(11)17)27-14-8-6-12(21-10(14)2)18-13(9-20)24(3)23-22-18/h6,8,11,15-17H,4-5,7,9H2,1-3H3/t11?,15-,16?,17?/m1/s1. The Morgan fingerprint density at radius 1 is 1.37 bits per heavy atom. The van der Waals surface area contributed by atoms with Crippen molar-refractivity contribution in [3.05, 3.63) is 23.5 Å². The molecule has 2 aromatic heterocycles. The topological polar surface area (TPSA) is 79.1 Å². The van der Waals surface area contributed by atoms with Crippen molar-refractivity contribution in [2.24, 2.45) is 24.8 Å². The third-order valence-corrected chi connectivity index (χ3v) is 6.16. The highest BCUT2D eigenvalue weighted by Gasteiger charge is 2.63. The fraction of sp³-hybridized carbons (Fsp3) is 0.579. The highest BCUT2D eigenvalue weighted by Crippen LogP contribution is 2.59. The van der Waals surface area contributed by atoms with Gasteiger partial charge in [0, 0.05) is 18.3 Å². The molecule has 0 spiro atoms. The van der Waals surface area contributed by atoms with Gasteiger partial charge in [0.15, 0.2) is 0 Å². The molecule has 0 aromatic carbocycles. The van der Waals surface area contributed by atoms with Crippen LogP contribution in [0.15, 0.2) is 12.1 Å². The predicted molar refractivity (Wildman–Crippen MR) is 102 cm³/mol. The van der Waals surface area contributed by atoms with Gasteiger partial charge in [0.05, 0.1) is 29.6 Å². The molecule has 2 saturated carbocycles. The Morgan fingerprint density at radius 2 is 2.19 bits per heavy atom. The van der Waals surface area contributed by atoms with E-state index in [1.54, 1.807) is 4.68 Å². The maximum absolute atomic E-state index is 12.0. The first-order valence-electron chi connectivity index (χ1n) is 9.31. The Labute approximate surface area is 166 Å². The Balaban J connectivity index is 1.49. The van der Waals surface area contributed by atoms with Gasteiger partial charge in [0.2, 0.25) is 0 Å². The first-order valence-corrected chi connectivity index (χ1v) is 10.4. The summed E-state index contributed by atoms with van der Waals surface area (Å²) >= 11 is 3.48. The van der Waals surface area contributed by atoms with Gasteiger partial charge in [-0.3, -0.25) is 9.48 Å². The minimum atomic E-state index is -0.0732. The maximum Gasteiger partial charge on any atom is 0.309 e. The van der Waals surface area contributed by atoms with E-state index in [2.05, 4.69) is 31.2 Å². The molecule has 27 heavy (non-hydrogen) atoms. The van der Waals surface area contributed by atoms with Crippen molar-refractivity contribution in [2.45, 2.75) is 38.1 Å². The summed E-state index contributed by atoms with van der Waals surface area (Å²) in [4.78, 5) is 16.7. The molecule has 2 aromatic rings. The van der Waals surface area contributed by atoms with E-state index in [1.165, 1.54) is 0 Å². The number of nitrogens with zero attached hydrogens (tertiary/aromatic N) is 4. The number of aryl methyl sites for hydroxylation is 2. The number of alkyl halides is 1. The number of halogens is 1. The summed E-state index contributed by atoms with van der Waals surface area (Å²) in [6.07, 6.45) is 2.06. The summed E-state index contributed by atoms with van der Waals surface area (Å²) in [6.45, 7) is 4.22. The molecule has 0 amide bonds. The SMILES string of the molecule is CCOC(=O)C1C2CC[C@@H](Oc3ccc(-c4nnn(C)c4CBr)nc3C)C21. The molecule has 4 atom stereocenters. The Kier molecular flexibility index (Phi) is 4.92. The quantitative estimate of drug-likeness (QED) is 0.513. The van der Waals surface area contributed by atoms with Crippen LogP contribution >= 0.6 is 15.9 Å². The Hall–Kier alpha value is -1.96. The molecule has 0 N–H and O–H groups in total. The third-order valence-electron chi connectivity index (χ3n) is 5.63. The zero-order valence-electron chi connectivity index (χ0n) is 15.7. The number of pyridine rings is 1. The molecule has 2 aliphatic carbocycles. The van der Waals surface area contributed by atoms with Gasteiger partial charge in [-0.2, -0.15) is 0 Å². The average Bonchev–Trinajstić information content (AvgIpc) is 3.04. The number of fused-ring (bicyclic) bond motifs is 1. The number of carbonyl (C=O) groups excluding carboxylic acids is 1. The number of carbonyl (C=O) groups is 1. The lowest BCUT2D eigenvalue weighted by Crippen LogP contribution is -2.21. The van der Waals surface area contributed by atoms with Gasteiger partial charge in [0.1, 0.15) is 17.5 Å². The Bertz CT molecular complexity index is 869. The molecule has 2 heterocycles. The molecule has 7 nitrogen and oxygen atoms in total. The first-order chi connectivity index (χ1) is 13.0. The highest BCUT2D eigenvalue weighted by molar-refractivity contribution is 9.08. The van der Waals surface area contributed by atoms with Gasteiger partial charge in [-0.25, -0.2) is 4.98 Å². The summed E-state index contributed by atoms with van der Waals surface area (Å²) in [5.41, 5.74) is 3.34. The average molecular weight is 435 g/mol. The van der Waals surface area contributed by atoms with E-state index in [9.17, 15) is 4.79 Å². The fourth-order valence-corrected chi connectivity index (χ4v) is 4.86. The highest BCUT2D eigenvalue weighted by atomic mass is 79.9. The van der Waals surface area contributed by atoms with Crippen molar-refractivity contribution in [1.29, 1.82) is 0 Å². The summed E-state index contributed by atoms with van der Waals surface area (Å²) in [6, 6.07) is 3.86. The van der Waals surface area contributed by atoms with Crippen molar-refractivity contribution >= 4 is 21.9 Å². The predicted octanol–water partition coefficient (Wildman–Crippen LogP) is 3.05. The van der Waals surface area contributed by atoms with Gasteiger partial charge in [-0.1, -0.05) is 21.1 Å². The van der Waals surface area contributed by atoms with Gasteiger partial charge in [-0.15, -0.1) is 5.10 Å². The van der Waals surface area contributed by atoms with Crippen LogP contribution in [0.2, 0.25) is 0 Å². The molecule has 8 heteroatoms. The van der Waals surface area contributed by atoms with Gasteiger partial charge < -0.3 is 9.47 Å². The number of hydrogen-bond acceptors (Lipinski definition) is 6. The van der Waals surface area contributed by atoms with E-state index in [-0.39, 0.29) is 23.9 Å². The van der Waals surface area contributed by atoms with Crippen LogP contribution in [0.4, 0.5) is 0 Å². The third kappa shape index (κ3) is 3.24. The number of rotatable bonds is 6. The van der Waals surface area contributed by atoms with Crippen LogP contribution in [0.1, 0.15) is 31.2 Å². The lowest BCUT2D eigenvalue weighted by Gasteiger charge is -2.18. The van der Waals surface area contributed by atoms with Gasteiger partial charge >= 0.3 is 5.97 Å². The van der Waals surface area contributed by atoms with Crippen LogP contribution in [-0.4, -0.2) is 38.7 Å². The molecule has 0 bridgehead atoms. The normalized spacial score (nSPS) is 25.9. The van der Waals surface area contributed by atoms with E-state index in [4.69, 9.17) is 9.47 Å². The number of aromatic nitrogens is 4. The molecule has 4 rings (SSSR count). The largest absolute Gasteiger partial charge is 0.488 e. The minimum Gasteiger partial charge on any atom is -0.488 e. The van der Waals surface area contributed by atoms with Crippen LogP contribution < -0.4 is 4.74 Å². The van der Waals surface area contributed by atoms with Crippen molar-refractivity contribution in [2.75, 3.05) is 6.61 Å². The molecule has 0 radical (unpaired) electrons. The molecular formula is C19H23BrN4O3. The number of esters is 1. The monoisotopic (exact) mass is 434 g/mol. The molecule has 0 aliphatic heterocycles. The molecule has 3 unspecified atom stereocenters. The molecule has 0 saturated heterocycles. The van der Waals surface area contributed by atoms with Gasteiger partial charge in [-0.05, 0) is 44.7 Å². The van der Waals surface area contributed by atoms with Crippen LogP contribution in [0.3, 0.4) is 0 Å². The van der Waals surface area contributed by atoms with E-state index in [0.29, 0.717) is 17.9 Å². The van der Waals surface area contributed by atoms with Crippen molar-refractivity contribution < 1.29 is 14.3 Å². The van der Waals surface area contributed by atoms with Crippen LogP contribution in [-0.2, 0) is 21.9 Å². The van der Waals surface area contributed by atoms with Crippen molar-refractivity contribution in [3.8, 4) is 17.1 Å². The van der Waals surface area contributed by atoms with E-state index in [1.807, 2.05) is 33.0 Å². The lowest BCUT2D eigenvalue weighted by atomic mass is 10.1. The molecular weight excluding hydrogens is 412 g/mol.